The molecule has 0 atom stereocenters. The van der Waals surface area contributed by atoms with Gasteiger partial charge in [0.05, 0.1) is 28.1 Å². The van der Waals surface area contributed by atoms with Crippen LogP contribution in [0.5, 0.6) is 0 Å². The highest BCUT2D eigenvalue weighted by atomic mass is 32.1. The van der Waals surface area contributed by atoms with E-state index in [2.05, 4.69) is 187 Å². The van der Waals surface area contributed by atoms with Crippen LogP contribution in [0.4, 0.5) is 0 Å². The highest BCUT2D eigenvalue weighted by Crippen LogP contribution is 2.47. The molecule has 2 nitrogen and oxygen atoms in total. The second kappa shape index (κ2) is 11.5. The molecule has 52 heavy (non-hydrogen) atoms. The molecule has 242 valence electrons. The van der Waals surface area contributed by atoms with Gasteiger partial charge in [-0.05, 0) is 63.0 Å². The lowest BCUT2D eigenvalue weighted by Gasteiger charge is -2.13. The fourth-order valence-corrected chi connectivity index (χ4v) is 9.52. The Morgan fingerprint density at radius 1 is 0.385 bits per heavy atom. The number of rotatable bonds is 4. The van der Waals surface area contributed by atoms with Gasteiger partial charge in [-0.1, -0.05) is 152 Å². The SMILES string of the molecule is c1ccc(-c2cc(-n3c4ccc5ccccc5c4c4c5sc6c(-c7ccc8ccccc8c7)cccc6c5ccc43)cc(-c3ccccc3)n2)cc1. The Bertz CT molecular complexity index is 3110. The van der Waals surface area contributed by atoms with Crippen molar-refractivity contribution >= 4 is 74.9 Å². The fraction of sp³-hybridized carbons (Fsp3) is 0. The van der Waals surface area contributed by atoms with Crippen molar-refractivity contribution in [3.8, 4) is 39.3 Å². The predicted molar refractivity (Wildman–Crippen MR) is 223 cm³/mol. The number of benzene rings is 8. The van der Waals surface area contributed by atoms with E-state index in [4.69, 9.17) is 4.98 Å². The van der Waals surface area contributed by atoms with Crippen molar-refractivity contribution in [3.63, 3.8) is 0 Å². The van der Waals surface area contributed by atoms with Gasteiger partial charge in [-0.3, -0.25) is 0 Å². The van der Waals surface area contributed by atoms with E-state index >= 15 is 0 Å². The smallest absolute Gasteiger partial charge is 0.0730 e. The Balaban J connectivity index is 1.25. The molecule has 0 amide bonds. The summed E-state index contributed by atoms with van der Waals surface area (Å²) >= 11 is 1.92. The zero-order valence-corrected chi connectivity index (χ0v) is 28.9. The van der Waals surface area contributed by atoms with Gasteiger partial charge < -0.3 is 4.57 Å². The van der Waals surface area contributed by atoms with Gasteiger partial charge in [-0.25, -0.2) is 4.98 Å². The fourth-order valence-electron chi connectivity index (χ4n) is 8.14. The molecule has 0 spiro atoms. The van der Waals surface area contributed by atoms with Gasteiger partial charge in [0.1, 0.15) is 0 Å². The molecule has 3 heterocycles. The van der Waals surface area contributed by atoms with Crippen molar-refractivity contribution in [1.82, 2.24) is 9.55 Å². The number of fused-ring (bicyclic) bond motifs is 10. The summed E-state index contributed by atoms with van der Waals surface area (Å²) in [6, 6.07) is 65.9. The lowest BCUT2D eigenvalue weighted by atomic mass is 9.99. The first-order valence-electron chi connectivity index (χ1n) is 17.7. The van der Waals surface area contributed by atoms with Crippen LogP contribution in [0.15, 0.2) is 182 Å². The molecule has 8 aromatic carbocycles. The summed E-state index contributed by atoms with van der Waals surface area (Å²) in [5, 5.41) is 10.2. The van der Waals surface area contributed by atoms with Crippen LogP contribution >= 0.6 is 11.3 Å². The summed E-state index contributed by atoms with van der Waals surface area (Å²) in [4.78, 5) is 5.22. The van der Waals surface area contributed by atoms with Gasteiger partial charge in [-0.2, -0.15) is 0 Å². The molecule has 0 saturated heterocycles. The van der Waals surface area contributed by atoms with E-state index in [1.807, 2.05) is 11.3 Å². The van der Waals surface area contributed by atoms with E-state index in [0.29, 0.717) is 0 Å². The third kappa shape index (κ3) is 4.46. The van der Waals surface area contributed by atoms with Gasteiger partial charge >= 0.3 is 0 Å². The van der Waals surface area contributed by atoms with Gasteiger partial charge in [0.25, 0.3) is 0 Å². The van der Waals surface area contributed by atoms with Crippen molar-refractivity contribution in [2.45, 2.75) is 0 Å². The average molecular weight is 679 g/mol. The third-order valence-electron chi connectivity index (χ3n) is 10.6. The first kappa shape index (κ1) is 29.2. The van der Waals surface area contributed by atoms with E-state index < -0.39 is 0 Å². The first-order valence-corrected chi connectivity index (χ1v) is 18.5. The monoisotopic (exact) mass is 678 g/mol. The van der Waals surface area contributed by atoms with Crippen molar-refractivity contribution < 1.29 is 0 Å². The van der Waals surface area contributed by atoms with Gasteiger partial charge in [0, 0.05) is 42.1 Å². The molecular weight excluding hydrogens is 649 g/mol. The lowest BCUT2D eigenvalue weighted by molar-refractivity contribution is 1.16. The maximum Gasteiger partial charge on any atom is 0.0730 e. The summed E-state index contributed by atoms with van der Waals surface area (Å²) in [5.74, 6) is 0. The number of pyridine rings is 1. The second-order valence-electron chi connectivity index (χ2n) is 13.5. The van der Waals surface area contributed by atoms with E-state index in [1.54, 1.807) is 0 Å². The molecule has 0 radical (unpaired) electrons. The number of nitrogens with zero attached hydrogens (tertiary/aromatic N) is 2. The molecule has 0 aliphatic carbocycles. The van der Waals surface area contributed by atoms with Crippen molar-refractivity contribution in [1.29, 1.82) is 0 Å². The minimum atomic E-state index is 0.954. The number of hydrogen-bond acceptors (Lipinski definition) is 2. The topological polar surface area (TPSA) is 17.8 Å². The Labute approximate surface area is 304 Å². The zero-order chi connectivity index (χ0) is 34.2. The number of hydrogen-bond donors (Lipinski definition) is 0. The molecule has 0 bridgehead atoms. The van der Waals surface area contributed by atoms with Crippen molar-refractivity contribution in [2.75, 3.05) is 0 Å². The van der Waals surface area contributed by atoms with Crippen LogP contribution in [0.2, 0.25) is 0 Å². The Morgan fingerprint density at radius 2 is 0.981 bits per heavy atom. The molecule has 11 aromatic rings. The summed E-state index contributed by atoms with van der Waals surface area (Å²) in [7, 11) is 0. The molecule has 0 unspecified atom stereocenters. The van der Waals surface area contributed by atoms with Crippen LogP contribution in [0, 0.1) is 0 Å². The van der Waals surface area contributed by atoms with Crippen LogP contribution in [0.25, 0.3) is 103 Å². The Morgan fingerprint density at radius 3 is 1.75 bits per heavy atom. The lowest BCUT2D eigenvalue weighted by Crippen LogP contribution is -1.98. The van der Waals surface area contributed by atoms with Gasteiger partial charge in [0.2, 0.25) is 0 Å². The highest BCUT2D eigenvalue weighted by molar-refractivity contribution is 7.27. The summed E-state index contributed by atoms with van der Waals surface area (Å²) < 4.78 is 5.11. The minimum absolute atomic E-state index is 0.954. The molecule has 0 aliphatic rings. The zero-order valence-electron chi connectivity index (χ0n) is 28.1. The van der Waals surface area contributed by atoms with E-state index in [-0.39, 0.29) is 0 Å². The van der Waals surface area contributed by atoms with E-state index in [1.165, 1.54) is 74.6 Å². The quantitative estimate of drug-likeness (QED) is 0.181. The minimum Gasteiger partial charge on any atom is -0.309 e. The standard InChI is InChI=1S/C49H30N2S/c1-3-14-33(15-4-1)42-29-37(30-43(50-42)34-16-5-2-6-17-34)51-44-26-24-32-13-9-10-19-38(32)46(44)47-45(51)27-25-41-40-21-11-20-39(48(40)52-49(41)47)36-23-22-31-12-7-8-18-35(31)28-36/h1-30H. The molecular formula is C49H30N2S. The predicted octanol–water partition coefficient (Wildman–Crippen LogP) is 13.9. The average Bonchev–Trinajstić information content (AvgIpc) is 3.77. The van der Waals surface area contributed by atoms with Crippen LogP contribution in [-0.4, -0.2) is 9.55 Å². The molecule has 0 saturated carbocycles. The van der Waals surface area contributed by atoms with Crippen LogP contribution in [-0.2, 0) is 0 Å². The Kier molecular flexibility index (Phi) is 6.46. The van der Waals surface area contributed by atoms with Crippen LogP contribution in [0.3, 0.4) is 0 Å². The molecule has 3 aromatic heterocycles. The number of thiophene rings is 1. The molecule has 0 N–H and O–H groups in total. The molecule has 3 heteroatoms. The van der Waals surface area contributed by atoms with Crippen LogP contribution < -0.4 is 0 Å². The van der Waals surface area contributed by atoms with E-state index in [9.17, 15) is 0 Å². The summed E-state index contributed by atoms with van der Waals surface area (Å²) in [6.45, 7) is 0. The maximum absolute atomic E-state index is 5.22. The van der Waals surface area contributed by atoms with Gasteiger partial charge in [-0.15, -0.1) is 11.3 Å². The third-order valence-corrected chi connectivity index (χ3v) is 11.8. The molecule has 0 fully saturated rings. The largest absolute Gasteiger partial charge is 0.309 e. The summed E-state index contributed by atoms with van der Waals surface area (Å²) in [5.41, 5.74) is 10.1. The molecule has 0 aliphatic heterocycles. The van der Waals surface area contributed by atoms with E-state index in [0.717, 1.165) is 28.2 Å². The van der Waals surface area contributed by atoms with Crippen molar-refractivity contribution in [3.05, 3.63) is 182 Å². The summed E-state index contributed by atoms with van der Waals surface area (Å²) in [6.07, 6.45) is 0. The highest BCUT2D eigenvalue weighted by Gasteiger charge is 2.21. The van der Waals surface area contributed by atoms with Crippen LogP contribution in [0.1, 0.15) is 0 Å². The maximum atomic E-state index is 5.22. The van der Waals surface area contributed by atoms with Gasteiger partial charge in [0.15, 0.2) is 0 Å². The first-order chi connectivity index (χ1) is 25.8. The molecule has 11 rings (SSSR count). The second-order valence-corrected chi connectivity index (χ2v) is 14.5. The Hall–Kier alpha value is -6.55. The number of aromatic nitrogens is 2. The normalized spacial score (nSPS) is 11.8. The van der Waals surface area contributed by atoms with Crippen molar-refractivity contribution in [2.24, 2.45) is 0 Å².